The molecule has 122 valence electrons. The first-order valence-electron chi connectivity index (χ1n) is 7.63. The lowest BCUT2D eigenvalue weighted by molar-refractivity contribution is -0.132. The molecule has 6 heteroatoms. The van der Waals surface area contributed by atoms with Gasteiger partial charge in [-0.1, -0.05) is 11.6 Å². The van der Waals surface area contributed by atoms with Crippen LogP contribution in [-0.2, 0) is 4.79 Å². The third kappa shape index (κ3) is 5.16. The Morgan fingerprint density at radius 2 is 2.18 bits per heavy atom. The van der Waals surface area contributed by atoms with E-state index in [1.165, 1.54) is 0 Å². The lowest BCUT2D eigenvalue weighted by Gasteiger charge is -2.34. The Hall–Kier alpha value is -1.30. The van der Waals surface area contributed by atoms with Crippen molar-refractivity contribution in [2.75, 3.05) is 46.4 Å². The van der Waals surface area contributed by atoms with Crippen molar-refractivity contribution in [1.82, 2.24) is 15.1 Å². The van der Waals surface area contributed by atoms with Gasteiger partial charge in [0.25, 0.3) is 0 Å². The predicted octanol–water partition coefficient (Wildman–Crippen LogP) is 1.47. The Morgan fingerprint density at radius 3 is 2.86 bits per heavy atom. The summed E-state index contributed by atoms with van der Waals surface area (Å²) >= 11 is 5.82. The summed E-state index contributed by atoms with van der Waals surface area (Å²) < 4.78 is 5.62. The zero-order valence-corrected chi connectivity index (χ0v) is 14.0. The van der Waals surface area contributed by atoms with Crippen LogP contribution in [0.2, 0.25) is 5.02 Å². The number of hydrogen-bond acceptors (Lipinski definition) is 4. The molecule has 0 spiro atoms. The minimum absolute atomic E-state index is 0.133. The van der Waals surface area contributed by atoms with E-state index >= 15 is 0 Å². The fourth-order valence-corrected chi connectivity index (χ4v) is 2.49. The Bertz CT molecular complexity index is 481. The van der Waals surface area contributed by atoms with Crippen LogP contribution in [-0.4, -0.2) is 68.1 Å². The second-order valence-electron chi connectivity index (χ2n) is 5.64. The van der Waals surface area contributed by atoms with Crippen molar-refractivity contribution in [2.45, 2.75) is 13.0 Å². The fourth-order valence-electron chi connectivity index (χ4n) is 2.37. The summed E-state index contributed by atoms with van der Waals surface area (Å²) in [6.45, 7) is 6.46. The molecule has 0 bridgehead atoms. The molecule has 0 unspecified atom stereocenters. The van der Waals surface area contributed by atoms with E-state index in [-0.39, 0.29) is 5.91 Å². The number of nitrogens with zero attached hydrogens (tertiary/aromatic N) is 2. The quantitative estimate of drug-likeness (QED) is 0.860. The Morgan fingerprint density at radius 1 is 1.45 bits per heavy atom. The summed E-state index contributed by atoms with van der Waals surface area (Å²) in [5.74, 6) is 0.898. The van der Waals surface area contributed by atoms with Gasteiger partial charge >= 0.3 is 0 Å². The van der Waals surface area contributed by atoms with E-state index in [1.54, 1.807) is 17.0 Å². The highest BCUT2D eigenvalue weighted by Crippen LogP contribution is 2.15. The molecule has 1 fully saturated rings. The SMILES string of the molecule is C[C@@H]1CNCCN1CC(=O)N(C)CCOc1ccc(Cl)cc1. The molecular weight excluding hydrogens is 302 g/mol. The molecule has 1 amide bonds. The molecule has 1 saturated heterocycles. The van der Waals surface area contributed by atoms with Crippen molar-refractivity contribution in [3.8, 4) is 5.75 Å². The molecule has 5 nitrogen and oxygen atoms in total. The molecule has 0 aromatic heterocycles. The number of carbonyl (C=O) groups excluding carboxylic acids is 1. The molecule has 1 aromatic carbocycles. The minimum atomic E-state index is 0.133. The average molecular weight is 326 g/mol. The van der Waals surface area contributed by atoms with Crippen LogP contribution in [0.3, 0.4) is 0 Å². The molecule has 0 radical (unpaired) electrons. The maximum Gasteiger partial charge on any atom is 0.236 e. The summed E-state index contributed by atoms with van der Waals surface area (Å²) in [5, 5.41) is 4.01. The fraction of sp³-hybridized carbons (Fsp3) is 0.562. The van der Waals surface area contributed by atoms with Crippen LogP contribution in [0.5, 0.6) is 5.75 Å². The monoisotopic (exact) mass is 325 g/mol. The number of nitrogens with one attached hydrogen (secondary N) is 1. The summed E-state index contributed by atoms with van der Waals surface area (Å²) in [7, 11) is 1.82. The molecule has 0 aliphatic carbocycles. The smallest absolute Gasteiger partial charge is 0.236 e. The highest BCUT2D eigenvalue weighted by atomic mass is 35.5. The average Bonchev–Trinajstić information content (AvgIpc) is 2.51. The topological polar surface area (TPSA) is 44.8 Å². The van der Waals surface area contributed by atoms with Crippen molar-refractivity contribution >= 4 is 17.5 Å². The molecule has 22 heavy (non-hydrogen) atoms. The molecule has 1 N–H and O–H groups in total. The molecule has 2 rings (SSSR count). The number of carbonyl (C=O) groups is 1. The van der Waals surface area contributed by atoms with Gasteiger partial charge in [-0.3, -0.25) is 9.69 Å². The van der Waals surface area contributed by atoms with Gasteiger partial charge < -0.3 is 15.0 Å². The van der Waals surface area contributed by atoms with Gasteiger partial charge in [-0.25, -0.2) is 0 Å². The Kier molecular flexibility index (Phi) is 6.49. The number of rotatable bonds is 6. The van der Waals surface area contributed by atoms with Crippen molar-refractivity contribution in [3.05, 3.63) is 29.3 Å². The van der Waals surface area contributed by atoms with Gasteiger partial charge in [-0.05, 0) is 31.2 Å². The summed E-state index contributed by atoms with van der Waals surface area (Å²) in [5.41, 5.74) is 0. The third-order valence-corrected chi connectivity index (χ3v) is 4.16. The van der Waals surface area contributed by atoms with E-state index in [2.05, 4.69) is 17.1 Å². The second-order valence-corrected chi connectivity index (χ2v) is 6.08. The van der Waals surface area contributed by atoms with Crippen molar-refractivity contribution < 1.29 is 9.53 Å². The second kappa shape index (κ2) is 8.36. The number of halogens is 1. The molecule has 1 aliphatic heterocycles. The predicted molar refractivity (Wildman–Crippen MR) is 88.5 cm³/mol. The number of ether oxygens (including phenoxy) is 1. The van der Waals surface area contributed by atoms with E-state index in [0.29, 0.717) is 30.8 Å². The van der Waals surface area contributed by atoms with Crippen LogP contribution in [0, 0.1) is 0 Å². The van der Waals surface area contributed by atoms with Gasteiger partial charge in [0, 0.05) is 37.7 Å². The molecule has 1 heterocycles. The molecule has 0 saturated carbocycles. The van der Waals surface area contributed by atoms with Crippen molar-refractivity contribution in [1.29, 1.82) is 0 Å². The minimum Gasteiger partial charge on any atom is -0.492 e. The Balaban J connectivity index is 1.70. The van der Waals surface area contributed by atoms with Crippen LogP contribution in [0.15, 0.2) is 24.3 Å². The molecular formula is C16H24ClN3O2. The molecule has 1 atom stereocenters. The summed E-state index contributed by atoms with van der Waals surface area (Å²) in [6.07, 6.45) is 0. The van der Waals surface area contributed by atoms with Gasteiger partial charge in [0.2, 0.25) is 5.91 Å². The van der Waals surface area contributed by atoms with Gasteiger partial charge in [-0.15, -0.1) is 0 Å². The first-order chi connectivity index (χ1) is 10.6. The van der Waals surface area contributed by atoms with Crippen LogP contribution in [0.25, 0.3) is 0 Å². The number of benzene rings is 1. The normalized spacial score (nSPS) is 19.0. The number of likely N-dealkylation sites (N-methyl/N-ethyl adjacent to an activating group) is 1. The first kappa shape index (κ1) is 17.1. The largest absolute Gasteiger partial charge is 0.492 e. The van der Waals surface area contributed by atoms with E-state index in [4.69, 9.17) is 16.3 Å². The van der Waals surface area contributed by atoms with Crippen LogP contribution < -0.4 is 10.1 Å². The molecule has 1 aromatic rings. The van der Waals surface area contributed by atoms with E-state index in [0.717, 1.165) is 25.4 Å². The highest BCUT2D eigenvalue weighted by molar-refractivity contribution is 6.30. The van der Waals surface area contributed by atoms with E-state index in [1.807, 2.05) is 19.2 Å². The van der Waals surface area contributed by atoms with Gasteiger partial charge in [0.15, 0.2) is 0 Å². The lowest BCUT2D eigenvalue weighted by atomic mass is 10.2. The first-order valence-corrected chi connectivity index (χ1v) is 8.01. The molecule has 1 aliphatic rings. The van der Waals surface area contributed by atoms with Crippen LogP contribution >= 0.6 is 11.6 Å². The van der Waals surface area contributed by atoms with E-state index < -0.39 is 0 Å². The van der Waals surface area contributed by atoms with E-state index in [9.17, 15) is 4.79 Å². The summed E-state index contributed by atoms with van der Waals surface area (Å²) in [4.78, 5) is 16.2. The van der Waals surface area contributed by atoms with Crippen molar-refractivity contribution in [3.63, 3.8) is 0 Å². The maximum absolute atomic E-state index is 12.2. The zero-order chi connectivity index (χ0) is 15.9. The van der Waals surface area contributed by atoms with Gasteiger partial charge in [0.1, 0.15) is 12.4 Å². The number of hydrogen-bond donors (Lipinski definition) is 1. The Labute approximate surface area is 137 Å². The maximum atomic E-state index is 12.2. The van der Waals surface area contributed by atoms with Crippen LogP contribution in [0.1, 0.15) is 6.92 Å². The van der Waals surface area contributed by atoms with Gasteiger partial charge in [0.05, 0.1) is 13.1 Å². The lowest BCUT2D eigenvalue weighted by Crippen LogP contribution is -2.53. The standard InChI is InChI=1S/C16H24ClN3O2/c1-13-11-18-7-8-20(13)12-16(21)19(2)9-10-22-15-5-3-14(17)4-6-15/h3-6,13,18H,7-12H2,1-2H3/t13-/m1/s1. The van der Waals surface area contributed by atoms with Crippen molar-refractivity contribution in [2.24, 2.45) is 0 Å². The zero-order valence-electron chi connectivity index (χ0n) is 13.2. The number of amides is 1. The number of piperazine rings is 1. The highest BCUT2D eigenvalue weighted by Gasteiger charge is 2.21. The summed E-state index contributed by atoms with van der Waals surface area (Å²) in [6, 6.07) is 7.63. The van der Waals surface area contributed by atoms with Gasteiger partial charge in [-0.2, -0.15) is 0 Å². The van der Waals surface area contributed by atoms with Crippen LogP contribution in [0.4, 0.5) is 0 Å². The third-order valence-electron chi connectivity index (χ3n) is 3.91.